The molecule has 7 nitrogen and oxygen atoms in total. The van der Waals surface area contributed by atoms with Gasteiger partial charge in [0.15, 0.2) is 5.03 Å². The van der Waals surface area contributed by atoms with Crippen LogP contribution in [-0.2, 0) is 22.7 Å². The first-order valence-electron chi connectivity index (χ1n) is 10.1. The summed E-state index contributed by atoms with van der Waals surface area (Å²) in [5.74, 6) is -0.0650. The van der Waals surface area contributed by atoms with Crippen molar-refractivity contribution in [2.45, 2.75) is 36.1 Å². The second-order valence-electron chi connectivity index (χ2n) is 7.64. The molecule has 0 unspecified atom stereocenters. The number of aromatic nitrogens is 4. The van der Waals surface area contributed by atoms with Crippen molar-refractivity contribution in [2.24, 2.45) is 0 Å². The van der Waals surface area contributed by atoms with Crippen molar-refractivity contribution in [3.05, 3.63) is 77.6 Å². The van der Waals surface area contributed by atoms with E-state index in [4.69, 9.17) is 5.73 Å². The average molecular weight is 432 g/mol. The molecule has 8 heteroatoms. The fourth-order valence-electron chi connectivity index (χ4n) is 4.02. The molecule has 0 saturated heterocycles. The van der Waals surface area contributed by atoms with Gasteiger partial charge in [-0.2, -0.15) is 5.10 Å². The molecule has 0 bridgehead atoms. The summed E-state index contributed by atoms with van der Waals surface area (Å²) in [7, 11) is -3.84. The minimum absolute atomic E-state index is 0.0147. The molecule has 2 N–H and O–H groups in total. The second-order valence-corrected chi connectivity index (χ2v) is 9.50. The highest BCUT2D eigenvalue weighted by molar-refractivity contribution is 7.91. The number of anilines is 1. The van der Waals surface area contributed by atoms with Crippen molar-refractivity contribution in [3.8, 4) is 16.9 Å². The van der Waals surface area contributed by atoms with E-state index in [2.05, 4.69) is 15.1 Å². The SMILES string of the molecule is Cc1ccc(S(=O)(=O)c2nc(N)nc3c2CCCc2c-3cnn2-c2ccccc2)cc1. The lowest BCUT2D eigenvalue weighted by atomic mass is 10.1. The van der Waals surface area contributed by atoms with Gasteiger partial charge >= 0.3 is 0 Å². The quantitative estimate of drug-likeness (QED) is 0.498. The highest BCUT2D eigenvalue weighted by Crippen LogP contribution is 2.36. The Balaban J connectivity index is 1.71. The molecule has 2 aromatic heterocycles. The molecular weight excluding hydrogens is 410 g/mol. The maximum absolute atomic E-state index is 13.5. The summed E-state index contributed by atoms with van der Waals surface area (Å²) in [6.45, 7) is 1.91. The van der Waals surface area contributed by atoms with Gasteiger partial charge in [0.25, 0.3) is 0 Å². The number of hydrogen-bond donors (Lipinski definition) is 1. The number of para-hydroxylation sites is 1. The van der Waals surface area contributed by atoms with E-state index < -0.39 is 9.84 Å². The lowest BCUT2D eigenvalue weighted by molar-refractivity contribution is 0.590. The Morgan fingerprint density at radius 2 is 1.71 bits per heavy atom. The molecule has 1 aliphatic rings. The molecule has 0 amide bonds. The van der Waals surface area contributed by atoms with E-state index in [1.165, 1.54) is 0 Å². The van der Waals surface area contributed by atoms with E-state index in [-0.39, 0.29) is 15.9 Å². The lowest BCUT2D eigenvalue weighted by Gasteiger charge is -2.13. The first-order valence-corrected chi connectivity index (χ1v) is 11.5. The highest BCUT2D eigenvalue weighted by Gasteiger charge is 2.30. The van der Waals surface area contributed by atoms with E-state index in [9.17, 15) is 8.42 Å². The van der Waals surface area contributed by atoms with Gasteiger partial charge in [-0.25, -0.2) is 23.1 Å². The number of nitrogens with zero attached hydrogens (tertiary/aromatic N) is 4. The number of hydrogen-bond acceptors (Lipinski definition) is 6. The van der Waals surface area contributed by atoms with E-state index in [1.54, 1.807) is 30.5 Å². The van der Waals surface area contributed by atoms with Gasteiger partial charge in [0.05, 0.1) is 28.2 Å². The van der Waals surface area contributed by atoms with Gasteiger partial charge in [0.2, 0.25) is 15.8 Å². The van der Waals surface area contributed by atoms with Gasteiger partial charge in [-0.3, -0.25) is 0 Å². The van der Waals surface area contributed by atoms with Crippen LogP contribution >= 0.6 is 0 Å². The topological polar surface area (TPSA) is 104 Å². The van der Waals surface area contributed by atoms with Crippen LogP contribution in [0.3, 0.4) is 0 Å². The van der Waals surface area contributed by atoms with E-state index in [1.807, 2.05) is 41.9 Å². The zero-order valence-electron chi connectivity index (χ0n) is 17.0. The highest BCUT2D eigenvalue weighted by atomic mass is 32.2. The van der Waals surface area contributed by atoms with E-state index in [0.29, 0.717) is 17.7 Å². The summed E-state index contributed by atoms with van der Waals surface area (Å²) in [5, 5.41) is 4.55. The van der Waals surface area contributed by atoms with Crippen LogP contribution in [0.15, 0.2) is 70.7 Å². The average Bonchev–Trinajstić information content (AvgIpc) is 3.10. The van der Waals surface area contributed by atoms with Gasteiger partial charge in [0.1, 0.15) is 0 Å². The number of benzene rings is 2. The molecule has 5 rings (SSSR count). The Bertz CT molecular complexity index is 1380. The third kappa shape index (κ3) is 3.29. The molecule has 0 spiro atoms. The fraction of sp³-hybridized carbons (Fsp3) is 0.174. The van der Waals surface area contributed by atoms with Crippen molar-refractivity contribution in [1.29, 1.82) is 0 Å². The zero-order valence-corrected chi connectivity index (χ0v) is 17.8. The molecule has 31 heavy (non-hydrogen) atoms. The standard InChI is InChI=1S/C23H21N5O2S/c1-15-10-12-17(13-11-15)31(29,30)22-18-8-5-9-20-19(21(18)26-23(24)27-22)14-25-28(20)16-6-3-2-4-7-16/h2-4,6-7,10-14H,5,8-9H2,1H3,(H2,24,26,27). The summed E-state index contributed by atoms with van der Waals surface area (Å²) < 4.78 is 28.8. The van der Waals surface area contributed by atoms with Crippen LogP contribution in [0, 0.1) is 6.92 Å². The summed E-state index contributed by atoms with van der Waals surface area (Å²) in [6, 6.07) is 16.6. The molecule has 1 aliphatic carbocycles. The molecule has 2 heterocycles. The van der Waals surface area contributed by atoms with Crippen LogP contribution in [-0.4, -0.2) is 28.2 Å². The van der Waals surface area contributed by atoms with Crippen LogP contribution in [0.4, 0.5) is 5.95 Å². The third-order valence-electron chi connectivity index (χ3n) is 5.54. The third-order valence-corrected chi connectivity index (χ3v) is 7.28. The molecule has 0 radical (unpaired) electrons. The van der Waals surface area contributed by atoms with Gasteiger partial charge in [0, 0.05) is 11.1 Å². The number of nitrogen functional groups attached to an aromatic ring is 1. The number of rotatable bonds is 3. The zero-order chi connectivity index (χ0) is 21.6. The van der Waals surface area contributed by atoms with Crippen molar-refractivity contribution >= 4 is 15.8 Å². The summed E-state index contributed by atoms with van der Waals surface area (Å²) in [4.78, 5) is 8.84. The van der Waals surface area contributed by atoms with Crippen molar-refractivity contribution in [1.82, 2.24) is 19.7 Å². The number of sulfone groups is 1. The van der Waals surface area contributed by atoms with Crippen LogP contribution in [0.1, 0.15) is 23.2 Å². The Hall–Kier alpha value is -3.52. The Kier molecular flexibility index (Phi) is 4.59. The fourth-order valence-corrected chi connectivity index (χ4v) is 5.47. The normalized spacial score (nSPS) is 13.3. The Morgan fingerprint density at radius 1 is 0.968 bits per heavy atom. The van der Waals surface area contributed by atoms with Crippen LogP contribution in [0.25, 0.3) is 16.9 Å². The maximum atomic E-state index is 13.5. The van der Waals surface area contributed by atoms with Crippen LogP contribution in [0.2, 0.25) is 0 Å². The largest absolute Gasteiger partial charge is 0.368 e. The minimum atomic E-state index is -3.84. The van der Waals surface area contributed by atoms with Crippen molar-refractivity contribution < 1.29 is 8.42 Å². The lowest BCUT2D eigenvalue weighted by Crippen LogP contribution is -2.13. The molecule has 156 valence electrons. The predicted octanol–water partition coefficient (Wildman–Crippen LogP) is 3.54. The van der Waals surface area contributed by atoms with Gasteiger partial charge in [-0.05, 0) is 50.5 Å². The van der Waals surface area contributed by atoms with Crippen molar-refractivity contribution in [3.63, 3.8) is 0 Å². The summed E-state index contributed by atoms with van der Waals surface area (Å²) >= 11 is 0. The Morgan fingerprint density at radius 3 is 2.45 bits per heavy atom. The van der Waals surface area contributed by atoms with Crippen molar-refractivity contribution in [2.75, 3.05) is 5.73 Å². The smallest absolute Gasteiger partial charge is 0.224 e. The maximum Gasteiger partial charge on any atom is 0.224 e. The van der Waals surface area contributed by atoms with Crippen LogP contribution < -0.4 is 5.73 Å². The number of nitrogens with two attached hydrogens (primary N) is 1. The van der Waals surface area contributed by atoms with Crippen LogP contribution in [0.5, 0.6) is 0 Å². The first-order chi connectivity index (χ1) is 14.9. The summed E-state index contributed by atoms with van der Waals surface area (Å²) in [6.07, 6.45) is 3.77. The molecule has 0 aliphatic heterocycles. The molecule has 0 atom stereocenters. The minimum Gasteiger partial charge on any atom is -0.368 e. The molecule has 4 aromatic rings. The molecule has 2 aromatic carbocycles. The molecular formula is C23H21N5O2S. The first kappa shape index (κ1) is 19.4. The number of aryl methyl sites for hydroxylation is 1. The van der Waals surface area contributed by atoms with Gasteiger partial charge < -0.3 is 5.73 Å². The predicted molar refractivity (Wildman–Crippen MR) is 118 cm³/mol. The molecule has 0 fully saturated rings. The molecule has 0 saturated carbocycles. The van der Waals surface area contributed by atoms with Gasteiger partial charge in [-0.15, -0.1) is 0 Å². The second kappa shape index (κ2) is 7.31. The Labute approximate surface area is 180 Å². The van der Waals surface area contributed by atoms with Gasteiger partial charge in [-0.1, -0.05) is 35.9 Å². The van der Waals surface area contributed by atoms with E-state index in [0.717, 1.165) is 35.3 Å². The van der Waals surface area contributed by atoms with E-state index >= 15 is 0 Å². The summed E-state index contributed by atoms with van der Waals surface area (Å²) in [5.41, 5.74) is 10.9. The monoisotopic (exact) mass is 431 g/mol. The number of fused-ring (bicyclic) bond motifs is 3.